The molecule has 26 heavy (non-hydrogen) atoms. The summed E-state index contributed by atoms with van der Waals surface area (Å²) in [5.41, 5.74) is 0.633. The fourth-order valence-electron chi connectivity index (χ4n) is 2.12. The molecule has 0 amide bonds. The molecule has 0 atom stereocenters. The molecule has 1 aromatic rings. The first kappa shape index (κ1) is 22.5. The average molecular weight is 381 g/mol. The highest BCUT2D eigenvalue weighted by Gasteiger charge is 2.29. The summed E-state index contributed by atoms with van der Waals surface area (Å²) >= 11 is 0. The minimum atomic E-state index is -4.44. The summed E-state index contributed by atoms with van der Waals surface area (Å²) in [6.07, 6.45) is -4.84. The Morgan fingerprint density at radius 3 is 2.35 bits per heavy atom. The second-order valence-corrected chi connectivity index (χ2v) is 5.17. The van der Waals surface area contributed by atoms with E-state index in [0.717, 1.165) is 0 Å². The number of ether oxygens (including phenoxy) is 5. The molecule has 0 saturated heterocycles. The Bertz CT molecular complexity index is 508. The summed E-state index contributed by atoms with van der Waals surface area (Å²) in [6.45, 7) is 3.99. The second-order valence-electron chi connectivity index (χ2n) is 5.17. The third kappa shape index (κ3) is 8.70. The van der Waals surface area contributed by atoms with Crippen LogP contribution in [0.1, 0.15) is 19.4 Å². The van der Waals surface area contributed by atoms with Gasteiger partial charge in [0.25, 0.3) is 0 Å². The lowest BCUT2D eigenvalue weighted by atomic mass is 10.2. The Morgan fingerprint density at radius 2 is 1.77 bits per heavy atom. The maximum absolute atomic E-state index is 12.4. The molecule has 0 unspecified atom stereocenters. The van der Waals surface area contributed by atoms with Crippen LogP contribution in [0, 0.1) is 0 Å². The van der Waals surface area contributed by atoms with Crippen molar-refractivity contribution in [2.24, 2.45) is 0 Å². The van der Waals surface area contributed by atoms with Crippen LogP contribution >= 0.6 is 0 Å². The van der Waals surface area contributed by atoms with Crippen LogP contribution in [0.4, 0.5) is 13.2 Å². The van der Waals surface area contributed by atoms with Gasteiger partial charge < -0.3 is 29.0 Å². The number of halogens is 3. The average Bonchev–Trinajstić information content (AvgIpc) is 2.58. The van der Waals surface area contributed by atoms with Gasteiger partial charge in [-0.2, -0.15) is 13.2 Å². The molecule has 6 nitrogen and oxygen atoms in total. The Morgan fingerprint density at radius 1 is 1.08 bits per heavy atom. The van der Waals surface area contributed by atoms with E-state index in [1.54, 1.807) is 12.1 Å². The van der Waals surface area contributed by atoms with Gasteiger partial charge in [-0.1, -0.05) is 12.1 Å². The summed E-state index contributed by atoms with van der Waals surface area (Å²) in [5, 5.41) is 3.14. The van der Waals surface area contributed by atoms with Gasteiger partial charge in [0.15, 0.2) is 31.2 Å². The normalized spacial score (nSPS) is 11.8. The zero-order valence-electron chi connectivity index (χ0n) is 15.2. The Kier molecular flexibility index (Phi) is 10.3. The molecule has 0 bridgehead atoms. The number of alkyl halides is 3. The fraction of sp³-hybridized carbons (Fsp3) is 0.647. The fourth-order valence-corrected chi connectivity index (χ4v) is 2.12. The molecular formula is C17H26F3NO5. The number of nitrogens with one attached hydrogen (secondary N) is 1. The van der Waals surface area contributed by atoms with Crippen LogP contribution in [-0.2, 0) is 20.8 Å². The molecule has 9 heteroatoms. The zero-order chi connectivity index (χ0) is 19.4. The molecule has 0 aromatic heterocycles. The standard InChI is InChI=1S/C17H26F3NO5/c1-4-23-15(24-5-2)10-21-9-13-7-6-8-14(16(13)26-12-22-3)25-11-17(18,19)20/h6-8,15,21H,4-5,9-12H2,1-3H3. The zero-order valence-corrected chi connectivity index (χ0v) is 15.2. The molecule has 0 aliphatic rings. The quantitative estimate of drug-likeness (QED) is 0.530. The third-order valence-corrected chi connectivity index (χ3v) is 3.10. The van der Waals surface area contributed by atoms with Gasteiger partial charge in [0.1, 0.15) is 0 Å². The highest BCUT2D eigenvalue weighted by atomic mass is 19.4. The van der Waals surface area contributed by atoms with E-state index in [9.17, 15) is 13.2 Å². The minimum Gasteiger partial charge on any atom is -0.480 e. The van der Waals surface area contributed by atoms with E-state index in [1.807, 2.05) is 13.8 Å². The summed E-state index contributed by atoms with van der Waals surface area (Å²) in [6, 6.07) is 4.75. The van der Waals surface area contributed by atoms with Gasteiger partial charge >= 0.3 is 6.18 Å². The van der Waals surface area contributed by atoms with E-state index in [4.69, 9.17) is 23.7 Å². The first-order valence-electron chi connectivity index (χ1n) is 8.28. The summed E-state index contributed by atoms with van der Waals surface area (Å²) in [7, 11) is 1.42. The molecule has 0 heterocycles. The summed E-state index contributed by atoms with van der Waals surface area (Å²) in [4.78, 5) is 0. The van der Waals surface area contributed by atoms with E-state index in [-0.39, 0.29) is 18.3 Å². The maximum Gasteiger partial charge on any atom is 0.422 e. The first-order valence-corrected chi connectivity index (χ1v) is 8.28. The highest BCUT2D eigenvalue weighted by Crippen LogP contribution is 2.32. The molecule has 0 fully saturated rings. The predicted molar refractivity (Wildman–Crippen MR) is 89.2 cm³/mol. The Hall–Kier alpha value is -1.55. The highest BCUT2D eigenvalue weighted by molar-refractivity contribution is 5.46. The van der Waals surface area contributed by atoms with Crippen LogP contribution in [-0.4, -0.2) is 52.7 Å². The minimum absolute atomic E-state index is 0.00448. The van der Waals surface area contributed by atoms with Gasteiger partial charge in [0.05, 0.1) is 0 Å². The molecule has 1 N–H and O–H groups in total. The number of rotatable bonds is 13. The summed E-state index contributed by atoms with van der Waals surface area (Å²) < 4.78 is 63.3. The van der Waals surface area contributed by atoms with Crippen molar-refractivity contribution in [2.45, 2.75) is 32.9 Å². The molecule has 0 saturated carbocycles. The number of para-hydroxylation sites is 1. The lowest BCUT2D eigenvalue weighted by Gasteiger charge is -2.19. The Labute approximate surface area is 151 Å². The molecule has 0 aliphatic carbocycles. The van der Waals surface area contributed by atoms with Gasteiger partial charge in [-0.3, -0.25) is 0 Å². The molecular weight excluding hydrogens is 355 g/mol. The van der Waals surface area contributed by atoms with Crippen molar-refractivity contribution in [2.75, 3.05) is 40.3 Å². The molecule has 0 spiro atoms. The van der Waals surface area contributed by atoms with Crippen LogP contribution < -0.4 is 14.8 Å². The maximum atomic E-state index is 12.4. The summed E-state index contributed by atoms with van der Waals surface area (Å²) in [5.74, 6) is 0.209. The largest absolute Gasteiger partial charge is 0.480 e. The monoisotopic (exact) mass is 381 g/mol. The number of hydrogen-bond donors (Lipinski definition) is 1. The predicted octanol–water partition coefficient (Wildman–Crippen LogP) is 3.10. The first-order chi connectivity index (χ1) is 12.4. The second kappa shape index (κ2) is 11.9. The van der Waals surface area contributed by atoms with Gasteiger partial charge in [-0.15, -0.1) is 0 Å². The van der Waals surface area contributed by atoms with Crippen molar-refractivity contribution >= 4 is 0 Å². The van der Waals surface area contributed by atoms with Gasteiger partial charge in [0, 0.05) is 39.0 Å². The molecule has 0 radical (unpaired) electrons. The SMILES string of the molecule is CCOC(CNCc1cccc(OCC(F)(F)F)c1OCOC)OCC. The van der Waals surface area contributed by atoms with Crippen molar-refractivity contribution in [3.05, 3.63) is 23.8 Å². The van der Waals surface area contributed by atoms with Gasteiger partial charge in [0.2, 0.25) is 0 Å². The van der Waals surface area contributed by atoms with E-state index in [2.05, 4.69) is 5.32 Å². The number of benzene rings is 1. The van der Waals surface area contributed by atoms with Crippen molar-refractivity contribution in [3.63, 3.8) is 0 Å². The smallest absolute Gasteiger partial charge is 0.422 e. The van der Waals surface area contributed by atoms with Crippen molar-refractivity contribution in [1.29, 1.82) is 0 Å². The van der Waals surface area contributed by atoms with E-state index in [0.29, 0.717) is 31.9 Å². The van der Waals surface area contributed by atoms with Crippen LogP contribution in [0.2, 0.25) is 0 Å². The van der Waals surface area contributed by atoms with Gasteiger partial charge in [-0.05, 0) is 19.9 Å². The van der Waals surface area contributed by atoms with Crippen molar-refractivity contribution in [3.8, 4) is 11.5 Å². The Balaban J connectivity index is 2.78. The third-order valence-electron chi connectivity index (χ3n) is 3.10. The molecule has 150 valence electrons. The lowest BCUT2D eigenvalue weighted by molar-refractivity contribution is -0.153. The van der Waals surface area contributed by atoms with E-state index in [1.165, 1.54) is 13.2 Å². The lowest BCUT2D eigenvalue weighted by Crippen LogP contribution is -2.31. The molecule has 1 rings (SSSR count). The van der Waals surface area contributed by atoms with Crippen LogP contribution in [0.25, 0.3) is 0 Å². The molecule has 1 aromatic carbocycles. The molecule has 0 aliphatic heterocycles. The van der Waals surface area contributed by atoms with Crippen LogP contribution in [0.15, 0.2) is 18.2 Å². The number of methoxy groups -OCH3 is 1. The topological polar surface area (TPSA) is 58.2 Å². The van der Waals surface area contributed by atoms with Crippen molar-refractivity contribution in [1.82, 2.24) is 5.32 Å². The van der Waals surface area contributed by atoms with Crippen molar-refractivity contribution < 1.29 is 36.9 Å². The van der Waals surface area contributed by atoms with Crippen LogP contribution in [0.3, 0.4) is 0 Å². The number of hydrogen-bond acceptors (Lipinski definition) is 6. The van der Waals surface area contributed by atoms with Crippen LogP contribution in [0.5, 0.6) is 11.5 Å². The van der Waals surface area contributed by atoms with E-state index < -0.39 is 19.1 Å². The van der Waals surface area contributed by atoms with E-state index >= 15 is 0 Å². The van der Waals surface area contributed by atoms with Gasteiger partial charge in [-0.25, -0.2) is 0 Å².